The average molecular weight is 380 g/mol. The van der Waals surface area contributed by atoms with Crippen molar-refractivity contribution < 1.29 is 8.42 Å². The number of sulfonamides is 1. The van der Waals surface area contributed by atoms with Crippen molar-refractivity contribution in [3.63, 3.8) is 0 Å². The SMILES string of the molecule is CN1CCN(CCCNS(=O)(=O)Cc2c(Cl)cccc2Cl)CC1. The number of halogens is 2. The molecule has 23 heavy (non-hydrogen) atoms. The third-order valence-electron chi connectivity index (χ3n) is 3.97. The summed E-state index contributed by atoms with van der Waals surface area (Å²) < 4.78 is 26.9. The van der Waals surface area contributed by atoms with Crippen molar-refractivity contribution in [3.8, 4) is 0 Å². The number of nitrogens with zero attached hydrogens (tertiary/aromatic N) is 2. The number of hydrogen-bond acceptors (Lipinski definition) is 4. The zero-order chi connectivity index (χ0) is 16.9. The van der Waals surface area contributed by atoms with Gasteiger partial charge in [-0.1, -0.05) is 29.3 Å². The largest absolute Gasteiger partial charge is 0.304 e. The number of likely N-dealkylation sites (N-methyl/N-ethyl adjacent to an activating group) is 1. The van der Waals surface area contributed by atoms with Gasteiger partial charge in [0.05, 0.1) is 5.75 Å². The molecule has 1 heterocycles. The van der Waals surface area contributed by atoms with Gasteiger partial charge in [-0.15, -0.1) is 0 Å². The predicted molar refractivity (Wildman–Crippen MR) is 95.6 cm³/mol. The molecule has 1 aromatic carbocycles. The van der Waals surface area contributed by atoms with Crippen molar-refractivity contribution in [1.82, 2.24) is 14.5 Å². The molecule has 1 N–H and O–H groups in total. The molecular weight excluding hydrogens is 357 g/mol. The van der Waals surface area contributed by atoms with Gasteiger partial charge in [0, 0.05) is 48.3 Å². The zero-order valence-electron chi connectivity index (χ0n) is 13.3. The smallest absolute Gasteiger partial charge is 0.215 e. The van der Waals surface area contributed by atoms with Crippen LogP contribution in [0.4, 0.5) is 0 Å². The third-order valence-corrected chi connectivity index (χ3v) is 5.99. The molecule has 0 aliphatic carbocycles. The fraction of sp³-hybridized carbons (Fsp3) is 0.600. The molecule has 0 unspecified atom stereocenters. The molecule has 0 atom stereocenters. The Hall–Kier alpha value is -0.370. The van der Waals surface area contributed by atoms with Gasteiger partial charge in [-0.25, -0.2) is 13.1 Å². The number of hydrogen-bond donors (Lipinski definition) is 1. The number of benzene rings is 1. The van der Waals surface area contributed by atoms with Crippen molar-refractivity contribution in [2.75, 3.05) is 46.3 Å². The Morgan fingerprint density at radius 3 is 2.35 bits per heavy atom. The molecule has 0 radical (unpaired) electrons. The van der Waals surface area contributed by atoms with Crippen LogP contribution in [0.2, 0.25) is 10.0 Å². The van der Waals surface area contributed by atoms with Gasteiger partial charge >= 0.3 is 0 Å². The molecule has 1 aromatic rings. The second-order valence-corrected chi connectivity index (χ2v) is 8.47. The minimum absolute atomic E-state index is 0.194. The standard InChI is InChI=1S/C15H23Cl2N3O2S/c1-19-8-10-20(11-9-19)7-3-6-18-23(21,22)12-13-14(16)4-2-5-15(13)17/h2,4-5,18H,3,6-12H2,1H3. The molecule has 1 fully saturated rings. The lowest BCUT2D eigenvalue weighted by Crippen LogP contribution is -2.45. The lowest BCUT2D eigenvalue weighted by Gasteiger charge is -2.32. The summed E-state index contributed by atoms with van der Waals surface area (Å²) in [6.45, 7) is 5.55. The minimum atomic E-state index is -3.44. The monoisotopic (exact) mass is 379 g/mol. The van der Waals surface area contributed by atoms with Crippen LogP contribution in [0.5, 0.6) is 0 Å². The molecule has 0 spiro atoms. The van der Waals surface area contributed by atoms with E-state index in [1.54, 1.807) is 18.2 Å². The molecule has 1 aliphatic heterocycles. The van der Waals surface area contributed by atoms with Crippen LogP contribution >= 0.6 is 23.2 Å². The van der Waals surface area contributed by atoms with Gasteiger partial charge in [0.2, 0.25) is 10.0 Å². The van der Waals surface area contributed by atoms with E-state index >= 15 is 0 Å². The number of piperazine rings is 1. The van der Waals surface area contributed by atoms with Crippen molar-refractivity contribution in [2.24, 2.45) is 0 Å². The van der Waals surface area contributed by atoms with Crippen LogP contribution in [-0.2, 0) is 15.8 Å². The topological polar surface area (TPSA) is 52.6 Å². The van der Waals surface area contributed by atoms with Crippen molar-refractivity contribution >= 4 is 33.2 Å². The first-order chi connectivity index (χ1) is 10.9. The van der Waals surface area contributed by atoms with E-state index in [1.165, 1.54) is 0 Å². The van der Waals surface area contributed by atoms with Crippen LogP contribution in [0.25, 0.3) is 0 Å². The summed E-state index contributed by atoms with van der Waals surface area (Å²) in [5, 5.41) is 0.751. The maximum Gasteiger partial charge on any atom is 0.215 e. The highest BCUT2D eigenvalue weighted by Crippen LogP contribution is 2.25. The first-order valence-corrected chi connectivity index (χ1v) is 10.1. The van der Waals surface area contributed by atoms with Gasteiger partial charge in [-0.2, -0.15) is 0 Å². The van der Waals surface area contributed by atoms with E-state index in [2.05, 4.69) is 21.6 Å². The van der Waals surface area contributed by atoms with Gasteiger partial charge in [0.25, 0.3) is 0 Å². The summed E-state index contributed by atoms with van der Waals surface area (Å²) in [5.74, 6) is -0.194. The summed E-state index contributed by atoms with van der Waals surface area (Å²) >= 11 is 12.0. The molecule has 130 valence electrons. The van der Waals surface area contributed by atoms with Gasteiger partial charge in [-0.05, 0) is 32.1 Å². The van der Waals surface area contributed by atoms with Crippen molar-refractivity contribution in [3.05, 3.63) is 33.8 Å². The molecule has 0 saturated carbocycles. The van der Waals surface area contributed by atoms with Gasteiger partial charge in [-0.3, -0.25) is 0 Å². The van der Waals surface area contributed by atoms with Crippen molar-refractivity contribution in [2.45, 2.75) is 12.2 Å². The molecule has 8 heteroatoms. The van der Waals surface area contributed by atoms with E-state index in [9.17, 15) is 8.42 Å². The summed E-state index contributed by atoms with van der Waals surface area (Å²) in [5.41, 5.74) is 0.447. The summed E-state index contributed by atoms with van der Waals surface area (Å²) in [6, 6.07) is 4.99. The van der Waals surface area contributed by atoms with Crippen LogP contribution in [0, 0.1) is 0 Å². The number of rotatable bonds is 7. The first-order valence-electron chi connectivity index (χ1n) is 7.68. The molecule has 0 bridgehead atoms. The lowest BCUT2D eigenvalue weighted by molar-refractivity contribution is 0.153. The van der Waals surface area contributed by atoms with Crippen LogP contribution in [-0.4, -0.2) is 64.5 Å². The second-order valence-electron chi connectivity index (χ2n) is 5.85. The predicted octanol–water partition coefficient (Wildman–Crippen LogP) is 2.05. The van der Waals surface area contributed by atoms with Crippen LogP contribution in [0.15, 0.2) is 18.2 Å². The quantitative estimate of drug-likeness (QED) is 0.736. The van der Waals surface area contributed by atoms with E-state index in [-0.39, 0.29) is 5.75 Å². The Bertz CT molecular complexity index is 597. The summed E-state index contributed by atoms with van der Waals surface area (Å²) in [6.07, 6.45) is 0.791. The molecule has 2 rings (SSSR count). The highest BCUT2D eigenvalue weighted by molar-refractivity contribution is 7.88. The Morgan fingerprint density at radius 1 is 1.13 bits per heavy atom. The maximum absolute atomic E-state index is 12.1. The number of nitrogens with one attached hydrogen (secondary N) is 1. The van der Waals surface area contributed by atoms with E-state index in [1.807, 2.05) is 0 Å². The molecule has 1 aliphatic rings. The normalized spacial score (nSPS) is 17.5. The summed E-state index contributed by atoms with van der Waals surface area (Å²) in [4.78, 5) is 4.66. The molecular formula is C15H23Cl2N3O2S. The summed E-state index contributed by atoms with van der Waals surface area (Å²) in [7, 11) is -1.32. The van der Waals surface area contributed by atoms with E-state index in [4.69, 9.17) is 23.2 Å². The highest BCUT2D eigenvalue weighted by atomic mass is 35.5. The molecule has 0 amide bonds. The van der Waals surface area contributed by atoms with Crippen LogP contribution < -0.4 is 4.72 Å². The first kappa shape index (κ1) is 19.0. The van der Waals surface area contributed by atoms with Crippen molar-refractivity contribution in [1.29, 1.82) is 0 Å². The van der Waals surface area contributed by atoms with Gasteiger partial charge in [0.15, 0.2) is 0 Å². The Morgan fingerprint density at radius 2 is 1.74 bits per heavy atom. The van der Waals surface area contributed by atoms with E-state index in [0.717, 1.165) is 39.1 Å². The Kier molecular flexibility index (Phi) is 7.13. The highest BCUT2D eigenvalue weighted by Gasteiger charge is 2.17. The van der Waals surface area contributed by atoms with Gasteiger partial charge < -0.3 is 9.80 Å². The zero-order valence-corrected chi connectivity index (χ0v) is 15.6. The fourth-order valence-electron chi connectivity index (χ4n) is 2.51. The lowest BCUT2D eigenvalue weighted by atomic mass is 10.2. The Balaban J connectivity index is 1.76. The van der Waals surface area contributed by atoms with E-state index in [0.29, 0.717) is 22.2 Å². The van der Waals surface area contributed by atoms with Crippen LogP contribution in [0.3, 0.4) is 0 Å². The van der Waals surface area contributed by atoms with E-state index < -0.39 is 10.0 Å². The maximum atomic E-state index is 12.1. The molecule has 1 saturated heterocycles. The van der Waals surface area contributed by atoms with Crippen LogP contribution in [0.1, 0.15) is 12.0 Å². The minimum Gasteiger partial charge on any atom is -0.304 e. The third kappa shape index (κ3) is 6.21. The fourth-order valence-corrected chi connectivity index (χ4v) is 4.45. The van der Waals surface area contributed by atoms with Gasteiger partial charge in [0.1, 0.15) is 0 Å². The second kappa shape index (κ2) is 8.65. The Labute approximate surface area is 148 Å². The average Bonchev–Trinajstić information content (AvgIpc) is 2.49. The molecule has 0 aromatic heterocycles. The molecule has 5 nitrogen and oxygen atoms in total.